The molecule has 6 heteroatoms. The lowest BCUT2D eigenvalue weighted by molar-refractivity contribution is -0.111. The van der Waals surface area contributed by atoms with E-state index in [0.717, 1.165) is 28.3 Å². The van der Waals surface area contributed by atoms with Gasteiger partial charge in [0.15, 0.2) is 5.13 Å². The lowest BCUT2D eigenvalue weighted by Crippen LogP contribution is -2.07. The minimum absolute atomic E-state index is 0.232. The zero-order valence-corrected chi connectivity index (χ0v) is 16.0. The second-order valence-electron chi connectivity index (χ2n) is 5.56. The number of para-hydroxylation sites is 1. The number of nitrogens with one attached hydrogen (secondary N) is 1. The van der Waals surface area contributed by atoms with E-state index in [1.807, 2.05) is 60.8 Å². The van der Waals surface area contributed by atoms with Crippen molar-refractivity contribution in [2.45, 2.75) is 6.92 Å². The maximum atomic E-state index is 12.1. The fourth-order valence-electron chi connectivity index (χ4n) is 2.45. The van der Waals surface area contributed by atoms with Crippen molar-refractivity contribution in [3.63, 3.8) is 0 Å². The normalized spacial score (nSPS) is 10.7. The SMILES string of the molecule is CCOc1ccccc1-c1csc(NC(=O)C=Cc2ccc(OC)cc2)n1. The summed E-state index contributed by atoms with van der Waals surface area (Å²) in [6.45, 7) is 2.53. The van der Waals surface area contributed by atoms with Crippen molar-refractivity contribution in [2.24, 2.45) is 0 Å². The lowest BCUT2D eigenvalue weighted by Gasteiger charge is -2.07. The van der Waals surface area contributed by atoms with E-state index in [1.54, 1.807) is 13.2 Å². The number of thiazole rings is 1. The van der Waals surface area contributed by atoms with Gasteiger partial charge in [-0.15, -0.1) is 11.3 Å². The van der Waals surface area contributed by atoms with E-state index in [0.29, 0.717) is 11.7 Å². The molecule has 27 heavy (non-hydrogen) atoms. The van der Waals surface area contributed by atoms with Gasteiger partial charge in [-0.2, -0.15) is 0 Å². The molecule has 3 aromatic rings. The van der Waals surface area contributed by atoms with Gasteiger partial charge in [0.05, 0.1) is 19.4 Å². The van der Waals surface area contributed by atoms with Crippen molar-refractivity contribution < 1.29 is 14.3 Å². The maximum Gasteiger partial charge on any atom is 0.250 e. The molecule has 0 aliphatic carbocycles. The molecule has 1 N–H and O–H groups in total. The van der Waals surface area contributed by atoms with Gasteiger partial charge in [0.2, 0.25) is 5.91 Å². The van der Waals surface area contributed by atoms with Crippen molar-refractivity contribution in [2.75, 3.05) is 19.0 Å². The Morgan fingerprint density at radius 3 is 2.70 bits per heavy atom. The smallest absolute Gasteiger partial charge is 0.250 e. The number of anilines is 1. The van der Waals surface area contributed by atoms with Crippen LogP contribution in [0.2, 0.25) is 0 Å². The summed E-state index contributed by atoms with van der Waals surface area (Å²) < 4.78 is 10.8. The molecule has 0 bridgehead atoms. The van der Waals surface area contributed by atoms with Crippen LogP contribution in [0.5, 0.6) is 11.5 Å². The third kappa shape index (κ3) is 4.95. The number of methoxy groups -OCH3 is 1. The highest BCUT2D eigenvalue weighted by atomic mass is 32.1. The molecule has 1 amide bonds. The Morgan fingerprint density at radius 2 is 1.96 bits per heavy atom. The predicted octanol–water partition coefficient (Wildman–Crippen LogP) is 4.87. The number of benzene rings is 2. The third-order valence-electron chi connectivity index (χ3n) is 3.74. The number of rotatable bonds is 7. The molecule has 1 heterocycles. The number of carbonyl (C=O) groups excluding carboxylic acids is 1. The van der Waals surface area contributed by atoms with Crippen LogP contribution in [-0.4, -0.2) is 24.6 Å². The van der Waals surface area contributed by atoms with E-state index in [9.17, 15) is 4.79 Å². The third-order valence-corrected chi connectivity index (χ3v) is 4.50. The maximum absolute atomic E-state index is 12.1. The molecule has 0 aliphatic heterocycles. The van der Waals surface area contributed by atoms with Crippen LogP contribution >= 0.6 is 11.3 Å². The van der Waals surface area contributed by atoms with Crippen LogP contribution in [-0.2, 0) is 4.79 Å². The van der Waals surface area contributed by atoms with Crippen LogP contribution in [0.25, 0.3) is 17.3 Å². The topological polar surface area (TPSA) is 60.5 Å². The van der Waals surface area contributed by atoms with Crippen LogP contribution < -0.4 is 14.8 Å². The minimum atomic E-state index is -0.232. The van der Waals surface area contributed by atoms with Gasteiger partial charge in [0.1, 0.15) is 11.5 Å². The van der Waals surface area contributed by atoms with Gasteiger partial charge in [-0.25, -0.2) is 4.98 Å². The molecule has 1 aromatic heterocycles. The van der Waals surface area contributed by atoms with Crippen LogP contribution in [0, 0.1) is 0 Å². The van der Waals surface area contributed by atoms with Crippen LogP contribution in [0.15, 0.2) is 60.0 Å². The van der Waals surface area contributed by atoms with E-state index < -0.39 is 0 Å². The van der Waals surface area contributed by atoms with Gasteiger partial charge in [-0.05, 0) is 42.8 Å². The molecule has 138 valence electrons. The van der Waals surface area contributed by atoms with Crippen molar-refractivity contribution >= 4 is 28.5 Å². The number of carbonyl (C=O) groups is 1. The van der Waals surface area contributed by atoms with Gasteiger partial charge in [-0.1, -0.05) is 24.3 Å². The Bertz CT molecular complexity index is 933. The summed E-state index contributed by atoms with van der Waals surface area (Å²) in [7, 11) is 1.62. The standard InChI is InChI=1S/C21H20N2O3S/c1-3-26-19-7-5-4-6-17(19)18-14-27-21(22-18)23-20(24)13-10-15-8-11-16(25-2)12-9-15/h4-14H,3H2,1-2H3,(H,22,23,24). The van der Waals surface area contributed by atoms with E-state index in [2.05, 4.69) is 10.3 Å². The van der Waals surface area contributed by atoms with Crippen LogP contribution in [0.1, 0.15) is 12.5 Å². The number of ether oxygens (including phenoxy) is 2. The van der Waals surface area contributed by atoms with Crippen LogP contribution in [0.4, 0.5) is 5.13 Å². The lowest BCUT2D eigenvalue weighted by atomic mass is 10.1. The van der Waals surface area contributed by atoms with Gasteiger partial charge < -0.3 is 9.47 Å². The first-order chi connectivity index (χ1) is 13.2. The molecule has 5 nitrogen and oxygen atoms in total. The number of nitrogens with zero attached hydrogens (tertiary/aromatic N) is 1. The summed E-state index contributed by atoms with van der Waals surface area (Å²) in [5, 5.41) is 5.24. The number of hydrogen-bond donors (Lipinski definition) is 1. The summed E-state index contributed by atoms with van der Waals surface area (Å²) in [5.74, 6) is 1.33. The van der Waals surface area contributed by atoms with Crippen LogP contribution in [0.3, 0.4) is 0 Å². The Morgan fingerprint density at radius 1 is 1.19 bits per heavy atom. The quantitative estimate of drug-likeness (QED) is 0.594. The Labute approximate surface area is 162 Å². The highest BCUT2D eigenvalue weighted by molar-refractivity contribution is 7.14. The number of hydrogen-bond acceptors (Lipinski definition) is 5. The molecular formula is C21H20N2O3S. The number of amides is 1. The minimum Gasteiger partial charge on any atom is -0.497 e. The summed E-state index contributed by atoms with van der Waals surface area (Å²) in [6, 6.07) is 15.2. The highest BCUT2D eigenvalue weighted by Gasteiger charge is 2.10. The highest BCUT2D eigenvalue weighted by Crippen LogP contribution is 2.32. The first-order valence-electron chi connectivity index (χ1n) is 8.50. The largest absolute Gasteiger partial charge is 0.497 e. The van der Waals surface area contributed by atoms with Gasteiger partial charge in [0, 0.05) is 17.0 Å². The molecule has 0 atom stereocenters. The first kappa shape index (κ1) is 18.7. The average Bonchev–Trinajstić information content (AvgIpc) is 3.15. The Balaban J connectivity index is 1.66. The first-order valence-corrected chi connectivity index (χ1v) is 9.38. The van der Waals surface area contributed by atoms with E-state index in [-0.39, 0.29) is 5.91 Å². The molecule has 3 rings (SSSR count). The van der Waals surface area contributed by atoms with Gasteiger partial charge in [0.25, 0.3) is 0 Å². The van der Waals surface area contributed by atoms with E-state index >= 15 is 0 Å². The average molecular weight is 380 g/mol. The van der Waals surface area contributed by atoms with Crippen molar-refractivity contribution in [1.29, 1.82) is 0 Å². The summed E-state index contributed by atoms with van der Waals surface area (Å²) in [5.41, 5.74) is 2.60. The molecule has 0 spiro atoms. The number of aromatic nitrogens is 1. The van der Waals surface area contributed by atoms with E-state index in [4.69, 9.17) is 9.47 Å². The molecule has 0 fully saturated rings. The molecule has 0 saturated carbocycles. The van der Waals surface area contributed by atoms with E-state index in [1.165, 1.54) is 17.4 Å². The second kappa shape index (κ2) is 9.00. The fourth-order valence-corrected chi connectivity index (χ4v) is 3.16. The summed E-state index contributed by atoms with van der Waals surface area (Å²) in [6.07, 6.45) is 3.23. The summed E-state index contributed by atoms with van der Waals surface area (Å²) in [4.78, 5) is 16.6. The van der Waals surface area contributed by atoms with Gasteiger partial charge in [-0.3, -0.25) is 10.1 Å². The van der Waals surface area contributed by atoms with Crippen molar-refractivity contribution in [3.05, 3.63) is 65.6 Å². The molecule has 0 saturated heterocycles. The fraction of sp³-hybridized carbons (Fsp3) is 0.143. The zero-order chi connectivity index (χ0) is 19.1. The predicted molar refractivity (Wildman–Crippen MR) is 109 cm³/mol. The monoisotopic (exact) mass is 380 g/mol. The molecule has 2 aromatic carbocycles. The Hall–Kier alpha value is -3.12. The zero-order valence-electron chi connectivity index (χ0n) is 15.1. The summed E-state index contributed by atoms with van der Waals surface area (Å²) >= 11 is 1.38. The molecule has 0 radical (unpaired) electrons. The second-order valence-corrected chi connectivity index (χ2v) is 6.42. The van der Waals surface area contributed by atoms with Crippen molar-refractivity contribution in [3.8, 4) is 22.8 Å². The van der Waals surface area contributed by atoms with Crippen molar-refractivity contribution in [1.82, 2.24) is 4.98 Å². The Kier molecular flexibility index (Phi) is 6.22. The van der Waals surface area contributed by atoms with Gasteiger partial charge >= 0.3 is 0 Å². The molecule has 0 unspecified atom stereocenters. The molecular weight excluding hydrogens is 360 g/mol. The molecule has 0 aliphatic rings.